The molecule has 96 valence electrons. The van der Waals surface area contributed by atoms with Crippen LogP contribution in [-0.4, -0.2) is 20.1 Å². The Kier molecular flexibility index (Phi) is 4.02. The average Bonchev–Trinajstić information content (AvgIpc) is 2.20. The predicted octanol–water partition coefficient (Wildman–Crippen LogP) is 2.14. The van der Waals surface area contributed by atoms with Crippen molar-refractivity contribution in [2.75, 3.05) is 7.11 Å². The Hall–Kier alpha value is -0.840. The molecule has 1 rings (SSSR count). The second-order valence-electron chi connectivity index (χ2n) is 2.64. The molecule has 0 aliphatic carbocycles. The van der Waals surface area contributed by atoms with Gasteiger partial charge in [0.25, 0.3) is 0 Å². The van der Waals surface area contributed by atoms with Crippen molar-refractivity contribution < 1.29 is 34.7 Å². The Bertz CT molecular complexity index is 528. The van der Waals surface area contributed by atoms with Crippen LogP contribution in [0.1, 0.15) is 0 Å². The molecule has 4 nitrogen and oxygen atoms in total. The highest BCUT2D eigenvalue weighted by atomic mass is 32.2. The monoisotopic (exact) mass is 292 g/mol. The van der Waals surface area contributed by atoms with Gasteiger partial charge in [0.1, 0.15) is 4.90 Å². The van der Waals surface area contributed by atoms with Gasteiger partial charge >= 0.3 is 10.1 Å². The van der Waals surface area contributed by atoms with Crippen molar-refractivity contribution in [1.82, 2.24) is 0 Å². The van der Waals surface area contributed by atoms with E-state index in [1.54, 1.807) is 0 Å². The molecule has 0 amide bonds. The third-order valence-electron chi connectivity index (χ3n) is 1.61. The fourth-order valence-corrected chi connectivity index (χ4v) is 2.10. The van der Waals surface area contributed by atoms with Crippen LogP contribution in [-0.2, 0) is 14.3 Å². The maximum atomic E-state index is 13.2. The maximum Gasteiger partial charge on any atom is 0.300 e. The first-order valence-electron chi connectivity index (χ1n) is 3.75. The topological polar surface area (TPSA) is 63.6 Å². The van der Waals surface area contributed by atoms with Crippen LogP contribution >= 0.6 is 12.0 Å². The molecule has 1 aromatic carbocycles. The zero-order valence-corrected chi connectivity index (χ0v) is 9.63. The molecule has 0 fully saturated rings. The molecule has 0 aromatic heterocycles. The van der Waals surface area contributed by atoms with Crippen LogP contribution in [0.15, 0.2) is 9.79 Å². The first-order valence-corrected chi connectivity index (χ1v) is 5.94. The normalized spacial score (nSPS) is 11.9. The predicted molar refractivity (Wildman–Crippen MR) is 49.0 cm³/mol. The van der Waals surface area contributed by atoms with Gasteiger partial charge in [-0.2, -0.15) is 8.42 Å². The zero-order chi connectivity index (χ0) is 13.4. The Morgan fingerprint density at radius 1 is 1.06 bits per heavy atom. The van der Waals surface area contributed by atoms with E-state index in [9.17, 15) is 26.0 Å². The average molecular weight is 292 g/mol. The summed E-state index contributed by atoms with van der Waals surface area (Å²) in [6, 6.07) is 0. The quantitative estimate of drug-likeness (QED) is 0.400. The van der Waals surface area contributed by atoms with Crippen LogP contribution in [0.4, 0.5) is 17.6 Å². The van der Waals surface area contributed by atoms with Crippen molar-refractivity contribution in [1.29, 1.82) is 0 Å². The van der Waals surface area contributed by atoms with E-state index in [1.165, 1.54) is 0 Å². The molecule has 0 aliphatic rings. The fourth-order valence-electron chi connectivity index (χ4n) is 0.974. The lowest BCUT2D eigenvalue weighted by Crippen LogP contribution is -2.11. The molecule has 0 aliphatic heterocycles. The molecule has 1 N–H and O–H groups in total. The third-order valence-corrected chi connectivity index (χ3v) is 3.17. The minimum atomic E-state index is -5.42. The summed E-state index contributed by atoms with van der Waals surface area (Å²) < 4.78 is 86.4. The smallest absolute Gasteiger partial charge is 0.300 e. The first-order chi connectivity index (χ1) is 7.71. The Balaban J connectivity index is 3.71. The standard InChI is InChI=1S/C7H4F4O4S2/c1-15-16-6-2(8)4(10)7(17(12,13)14)5(11)3(6)9/h1H3,(H,12,13,14). The van der Waals surface area contributed by atoms with Gasteiger partial charge in [0, 0.05) is 12.0 Å². The van der Waals surface area contributed by atoms with Crippen molar-refractivity contribution in [3.8, 4) is 0 Å². The number of rotatable bonds is 3. The van der Waals surface area contributed by atoms with Gasteiger partial charge in [0.15, 0.2) is 28.2 Å². The van der Waals surface area contributed by atoms with Crippen LogP contribution < -0.4 is 0 Å². The van der Waals surface area contributed by atoms with Crippen LogP contribution in [0.5, 0.6) is 0 Å². The Morgan fingerprint density at radius 3 is 1.76 bits per heavy atom. The van der Waals surface area contributed by atoms with Crippen LogP contribution in [0.25, 0.3) is 0 Å². The highest BCUT2D eigenvalue weighted by molar-refractivity contribution is 7.94. The first kappa shape index (κ1) is 14.2. The van der Waals surface area contributed by atoms with Gasteiger partial charge in [-0.3, -0.25) is 4.55 Å². The van der Waals surface area contributed by atoms with Gasteiger partial charge in [-0.15, -0.1) is 0 Å². The van der Waals surface area contributed by atoms with E-state index in [4.69, 9.17) is 4.55 Å². The summed E-state index contributed by atoms with van der Waals surface area (Å²) in [6.07, 6.45) is 0. The molecule has 0 bridgehead atoms. The van der Waals surface area contributed by atoms with E-state index in [1.807, 2.05) is 0 Å². The number of benzene rings is 1. The molecule has 0 heterocycles. The highest BCUT2D eigenvalue weighted by Gasteiger charge is 2.32. The molecule has 0 saturated carbocycles. The lowest BCUT2D eigenvalue weighted by molar-refractivity contribution is 0.379. The van der Waals surface area contributed by atoms with Gasteiger partial charge in [-0.25, -0.2) is 17.6 Å². The molecular formula is C7H4F4O4S2. The van der Waals surface area contributed by atoms with Crippen molar-refractivity contribution in [3.63, 3.8) is 0 Å². The van der Waals surface area contributed by atoms with Crippen molar-refractivity contribution in [3.05, 3.63) is 23.3 Å². The highest BCUT2D eigenvalue weighted by Crippen LogP contribution is 2.33. The maximum absolute atomic E-state index is 13.2. The fraction of sp³-hybridized carbons (Fsp3) is 0.143. The van der Waals surface area contributed by atoms with Crippen LogP contribution in [0.3, 0.4) is 0 Å². The minimum absolute atomic E-state index is 0.0303. The summed E-state index contributed by atoms with van der Waals surface area (Å²) in [4.78, 5) is -3.26. The van der Waals surface area contributed by atoms with E-state index >= 15 is 0 Å². The van der Waals surface area contributed by atoms with E-state index in [2.05, 4.69) is 4.18 Å². The second-order valence-corrected chi connectivity index (χ2v) is 4.91. The summed E-state index contributed by atoms with van der Waals surface area (Å²) in [6.45, 7) is 0. The number of hydrogen-bond acceptors (Lipinski definition) is 4. The molecule has 17 heavy (non-hydrogen) atoms. The van der Waals surface area contributed by atoms with Gasteiger partial charge in [0.05, 0.1) is 7.11 Å². The van der Waals surface area contributed by atoms with E-state index in [-0.39, 0.29) is 12.0 Å². The zero-order valence-electron chi connectivity index (χ0n) is 8.00. The van der Waals surface area contributed by atoms with Crippen molar-refractivity contribution in [2.24, 2.45) is 0 Å². The van der Waals surface area contributed by atoms with Crippen molar-refractivity contribution >= 4 is 22.2 Å². The lowest BCUT2D eigenvalue weighted by atomic mass is 10.3. The molecule has 0 radical (unpaired) electrons. The number of hydrogen-bond donors (Lipinski definition) is 1. The molecule has 0 spiro atoms. The number of halogens is 4. The molecule has 1 aromatic rings. The second kappa shape index (κ2) is 4.80. The molecule has 0 atom stereocenters. The summed E-state index contributed by atoms with van der Waals surface area (Å²) in [5.74, 6) is -8.37. The van der Waals surface area contributed by atoms with Crippen molar-refractivity contribution in [2.45, 2.75) is 9.79 Å². The molecule has 10 heteroatoms. The molecule has 0 unspecified atom stereocenters. The SMILES string of the molecule is COSc1c(F)c(F)c(S(=O)(=O)O)c(F)c1F. The Labute approximate surface area is 97.5 Å². The minimum Gasteiger partial charge on any atom is -0.313 e. The van der Waals surface area contributed by atoms with Gasteiger partial charge in [0.2, 0.25) is 0 Å². The summed E-state index contributed by atoms with van der Waals surface area (Å²) in [5.41, 5.74) is 0. The Morgan fingerprint density at radius 2 is 1.47 bits per heavy atom. The summed E-state index contributed by atoms with van der Waals surface area (Å²) in [5, 5.41) is 0. The van der Waals surface area contributed by atoms with Crippen LogP contribution in [0, 0.1) is 23.3 Å². The summed E-state index contributed by atoms with van der Waals surface area (Å²) >= 11 is -0.0303. The van der Waals surface area contributed by atoms with Gasteiger partial charge in [-0.05, 0) is 0 Å². The third kappa shape index (κ3) is 2.54. The van der Waals surface area contributed by atoms with Gasteiger partial charge in [-0.1, -0.05) is 0 Å². The van der Waals surface area contributed by atoms with E-state index < -0.39 is 43.2 Å². The van der Waals surface area contributed by atoms with Gasteiger partial charge < -0.3 is 4.18 Å². The van der Waals surface area contributed by atoms with Crippen LogP contribution in [0.2, 0.25) is 0 Å². The van der Waals surface area contributed by atoms with E-state index in [0.717, 1.165) is 7.11 Å². The summed E-state index contributed by atoms with van der Waals surface area (Å²) in [7, 11) is -4.44. The largest absolute Gasteiger partial charge is 0.313 e. The molecular weight excluding hydrogens is 288 g/mol. The molecule has 0 saturated heterocycles. The lowest BCUT2D eigenvalue weighted by Gasteiger charge is -2.08. The van der Waals surface area contributed by atoms with E-state index in [0.29, 0.717) is 0 Å².